The van der Waals surface area contributed by atoms with Crippen LogP contribution in [0.4, 0.5) is 0 Å². The van der Waals surface area contributed by atoms with Gasteiger partial charge in [-0.2, -0.15) is 0 Å². The zero-order valence-corrected chi connectivity index (χ0v) is 7.69. The van der Waals surface area contributed by atoms with Crippen LogP contribution in [0.3, 0.4) is 0 Å². The summed E-state index contributed by atoms with van der Waals surface area (Å²) < 4.78 is 0. The number of hydrogen-bond donors (Lipinski definition) is 0. The number of hydrogen-bond acceptors (Lipinski definition) is 1. The van der Waals surface area contributed by atoms with Gasteiger partial charge in [-0.1, -0.05) is 26.7 Å². The summed E-state index contributed by atoms with van der Waals surface area (Å²) in [5.74, 6) is 0. The molecule has 1 heteroatoms. The van der Waals surface area contributed by atoms with Gasteiger partial charge in [0.2, 0.25) is 0 Å². The fraction of sp³-hybridized carbons (Fsp3) is 1.00. The maximum absolute atomic E-state index is 2.42. The van der Waals surface area contributed by atoms with Gasteiger partial charge in [0, 0.05) is 0 Å². The first-order valence-electron chi connectivity index (χ1n) is 4.58. The van der Waals surface area contributed by atoms with Crippen molar-refractivity contribution in [2.45, 2.75) is 39.5 Å². The molecule has 1 aliphatic rings. The van der Waals surface area contributed by atoms with Crippen molar-refractivity contribution in [1.82, 2.24) is 4.90 Å². The Morgan fingerprint density at radius 2 is 1.20 bits per heavy atom. The maximum atomic E-state index is 2.42. The van der Waals surface area contributed by atoms with Crippen molar-refractivity contribution in [1.29, 1.82) is 0 Å². The Morgan fingerprint density at radius 1 is 0.800 bits per heavy atom. The standard InChI is InChI=1S/C7H15N.C2H6/c1-8-6-4-2-3-5-7-8;1-2/h2-7H2,1H3;1-2H3. The first kappa shape index (κ1) is 9.96. The average molecular weight is 143 g/mol. The Hall–Kier alpha value is -0.0400. The van der Waals surface area contributed by atoms with Gasteiger partial charge in [-0.3, -0.25) is 0 Å². The third-order valence-corrected chi connectivity index (χ3v) is 1.83. The second-order valence-corrected chi connectivity index (χ2v) is 2.72. The van der Waals surface area contributed by atoms with E-state index in [9.17, 15) is 0 Å². The normalized spacial score (nSPS) is 20.7. The summed E-state index contributed by atoms with van der Waals surface area (Å²) in [5, 5.41) is 0. The Kier molecular flexibility index (Phi) is 7.04. The summed E-state index contributed by atoms with van der Waals surface area (Å²) in [6, 6.07) is 0. The molecule has 0 aromatic carbocycles. The first-order chi connectivity index (χ1) is 4.89. The van der Waals surface area contributed by atoms with Crippen molar-refractivity contribution in [3.05, 3.63) is 0 Å². The van der Waals surface area contributed by atoms with Gasteiger partial charge >= 0.3 is 0 Å². The molecule has 0 spiro atoms. The van der Waals surface area contributed by atoms with E-state index in [4.69, 9.17) is 0 Å². The van der Waals surface area contributed by atoms with Gasteiger partial charge in [0.25, 0.3) is 0 Å². The molecule has 1 aliphatic heterocycles. The highest BCUT2D eigenvalue weighted by molar-refractivity contribution is 4.57. The minimum atomic E-state index is 1.32. The monoisotopic (exact) mass is 143 g/mol. The second-order valence-electron chi connectivity index (χ2n) is 2.72. The van der Waals surface area contributed by atoms with Crippen molar-refractivity contribution >= 4 is 0 Å². The van der Waals surface area contributed by atoms with Crippen molar-refractivity contribution < 1.29 is 0 Å². The molecule has 62 valence electrons. The average Bonchev–Trinajstić information content (AvgIpc) is 2.21. The van der Waals surface area contributed by atoms with Crippen LogP contribution in [0, 0.1) is 0 Å². The SMILES string of the molecule is CC.CN1CCCCCC1. The highest BCUT2D eigenvalue weighted by Gasteiger charge is 2.01. The van der Waals surface area contributed by atoms with Crippen molar-refractivity contribution in [2.75, 3.05) is 20.1 Å². The van der Waals surface area contributed by atoms with E-state index in [1.807, 2.05) is 13.8 Å². The second kappa shape index (κ2) is 7.07. The lowest BCUT2D eigenvalue weighted by Gasteiger charge is -2.10. The van der Waals surface area contributed by atoms with Crippen LogP contribution in [0.15, 0.2) is 0 Å². The molecule has 0 aromatic rings. The lowest BCUT2D eigenvalue weighted by Crippen LogP contribution is -2.18. The van der Waals surface area contributed by atoms with Gasteiger partial charge in [-0.15, -0.1) is 0 Å². The molecule has 1 heterocycles. The topological polar surface area (TPSA) is 3.24 Å². The number of rotatable bonds is 0. The van der Waals surface area contributed by atoms with Crippen LogP contribution in [0.1, 0.15) is 39.5 Å². The molecule has 0 aromatic heterocycles. The number of likely N-dealkylation sites (tertiary alicyclic amines) is 1. The molecule has 10 heavy (non-hydrogen) atoms. The molecule has 0 atom stereocenters. The van der Waals surface area contributed by atoms with Crippen LogP contribution < -0.4 is 0 Å². The fourth-order valence-corrected chi connectivity index (χ4v) is 1.23. The van der Waals surface area contributed by atoms with E-state index in [0.717, 1.165) is 0 Å². The smallest absolute Gasteiger partial charge is 0.00218 e. The largest absolute Gasteiger partial charge is 0.306 e. The Bertz CT molecular complexity index is 53.7. The van der Waals surface area contributed by atoms with Crippen LogP contribution in [-0.2, 0) is 0 Å². The predicted molar refractivity (Wildman–Crippen MR) is 47.3 cm³/mol. The van der Waals surface area contributed by atoms with Gasteiger partial charge in [0.1, 0.15) is 0 Å². The minimum Gasteiger partial charge on any atom is -0.306 e. The zero-order chi connectivity index (χ0) is 7.82. The molecule has 1 rings (SSSR count). The van der Waals surface area contributed by atoms with Crippen molar-refractivity contribution in [3.63, 3.8) is 0 Å². The molecular weight excluding hydrogens is 122 g/mol. The molecule has 0 unspecified atom stereocenters. The first-order valence-corrected chi connectivity index (χ1v) is 4.58. The highest BCUT2D eigenvalue weighted by Crippen LogP contribution is 2.06. The van der Waals surface area contributed by atoms with Crippen molar-refractivity contribution in [2.24, 2.45) is 0 Å². The molecule has 0 radical (unpaired) electrons. The molecule has 1 nitrogen and oxygen atoms in total. The number of nitrogens with zero attached hydrogens (tertiary/aromatic N) is 1. The summed E-state index contributed by atoms with van der Waals surface area (Å²) in [5.41, 5.74) is 0. The highest BCUT2D eigenvalue weighted by atomic mass is 15.1. The van der Waals surface area contributed by atoms with E-state index in [2.05, 4.69) is 11.9 Å². The van der Waals surface area contributed by atoms with E-state index in [0.29, 0.717) is 0 Å². The van der Waals surface area contributed by atoms with Gasteiger partial charge in [0.15, 0.2) is 0 Å². The summed E-state index contributed by atoms with van der Waals surface area (Å²) in [4.78, 5) is 2.42. The molecule has 0 aliphatic carbocycles. The van der Waals surface area contributed by atoms with Gasteiger partial charge in [0.05, 0.1) is 0 Å². The zero-order valence-electron chi connectivity index (χ0n) is 7.69. The lowest BCUT2D eigenvalue weighted by molar-refractivity contribution is 0.349. The van der Waals surface area contributed by atoms with Gasteiger partial charge in [-0.05, 0) is 33.0 Å². The van der Waals surface area contributed by atoms with Gasteiger partial charge < -0.3 is 4.90 Å². The minimum absolute atomic E-state index is 1.32. The Morgan fingerprint density at radius 3 is 1.60 bits per heavy atom. The van der Waals surface area contributed by atoms with E-state index in [1.165, 1.54) is 38.8 Å². The summed E-state index contributed by atoms with van der Waals surface area (Å²) in [7, 11) is 2.21. The fourth-order valence-electron chi connectivity index (χ4n) is 1.23. The third kappa shape index (κ3) is 4.80. The van der Waals surface area contributed by atoms with E-state index < -0.39 is 0 Å². The van der Waals surface area contributed by atoms with Crippen LogP contribution >= 0.6 is 0 Å². The maximum Gasteiger partial charge on any atom is -0.00218 e. The molecule has 1 saturated heterocycles. The Labute approximate surface area is 65.4 Å². The van der Waals surface area contributed by atoms with E-state index in [-0.39, 0.29) is 0 Å². The molecule has 1 fully saturated rings. The third-order valence-electron chi connectivity index (χ3n) is 1.83. The molecular formula is C9H21N. The molecule has 0 bridgehead atoms. The van der Waals surface area contributed by atoms with Crippen LogP contribution in [0.5, 0.6) is 0 Å². The summed E-state index contributed by atoms with van der Waals surface area (Å²) in [6.07, 6.45) is 5.72. The van der Waals surface area contributed by atoms with Gasteiger partial charge in [-0.25, -0.2) is 0 Å². The quantitative estimate of drug-likeness (QED) is 0.503. The molecule has 0 saturated carbocycles. The van der Waals surface area contributed by atoms with Crippen molar-refractivity contribution in [3.8, 4) is 0 Å². The molecule has 0 amide bonds. The van der Waals surface area contributed by atoms with Crippen LogP contribution in [0.25, 0.3) is 0 Å². The Balaban J connectivity index is 0.000000371. The lowest BCUT2D eigenvalue weighted by atomic mass is 10.2. The van der Waals surface area contributed by atoms with E-state index in [1.54, 1.807) is 0 Å². The van der Waals surface area contributed by atoms with Crippen LogP contribution in [-0.4, -0.2) is 25.0 Å². The predicted octanol–water partition coefficient (Wildman–Crippen LogP) is 2.52. The molecule has 0 N–H and O–H groups in total. The van der Waals surface area contributed by atoms with Crippen LogP contribution in [0.2, 0.25) is 0 Å². The summed E-state index contributed by atoms with van der Waals surface area (Å²) in [6.45, 7) is 6.64. The van der Waals surface area contributed by atoms with E-state index >= 15 is 0 Å². The summed E-state index contributed by atoms with van der Waals surface area (Å²) >= 11 is 0.